The van der Waals surface area contributed by atoms with Crippen LogP contribution >= 0.6 is 0 Å². The summed E-state index contributed by atoms with van der Waals surface area (Å²) in [5.74, 6) is 0.425. The standard InChI is InChI=1S/C16H26N2O3/c1-6-10-16(4,20-5)15(19)18-13-8-9-14(17-12(13)3)21-11-7-2/h8-9H,6-7,10-11H2,1-5H3,(H,18,19)/t16-/m0/s1. The van der Waals surface area contributed by atoms with Gasteiger partial charge >= 0.3 is 0 Å². The highest BCUT2D eigenvalue weighted by Gasteiger charge is 2.32. The van der Waals surface area contributed by atoms with Crippen molar-refractivity contribution >= 4 is 11.6 Å². The molecule has 118 valence electrons. The summed E-state index contributed by atoms with van der Waals surface area (Å²) in [6, 6.07) is 3.58. The van der Waals surface area contributed by atoms with E-state index in [-0.39, 0.29) is 5.91 Å². The molecule has 21 heavy (non-hydrogen) atoms. The van der Waals surface area contributed by atoms with Gasteiger partial charge in [0.2, 0.25) is 5.88 Å². The maximum absolute atomic E-state index is 12.4. The van der Waals surface area contributed by atoms with Gasteiger partial charge in [0.05, 0.1) is 18.0 Å². The highest BCUT2D eigenvalue weighted by molar-refractivity contribution is 5.97. The minimum absolute atomic E-state index is 0.154. The molecule has 1 amide bonds. The number of nitrogens with one attached hydrogen (secondary N) is 1. The molecule has 0 fully saturated rings. The van der Waals surface area contributed by atoms with Gasteiger partial charge in [0.1, 0.15) is 5.60 Å². The molecule has 0 bridgehead atoms. The number of nitrogens with zero attached hydrogens (tertiary/aromatic N) is 1. The Morgan fingerprint density at radius 1 is 1.33 bits per heavy atom. The number of rotatable bonds is 8. The van der Waals surface area contributed by atoms with Gasteiger partial charge < -0.3 is 14.8 Å². The molecule has 1 aromatic heterocycles. The second kappa shape index (κ2) is 7.98. The number of hydrogen-bond donors (Lipinski definition) is 1. The van der Waals surface area contributed by atoms with Crippen LogP contribution in [0.2, 0.25) is 0 Å². The second-order valence-corrected chi connectivity index (χ2v) is 5.27. The maximum atomic E-state index is 12.4. The van der Waals surface area contributed by atoms with E-state index in [1.165, 1.54) is 0 Å². The van der Waals surface area contributed by atoms with Crippen LogP contribution in [0, 0.1) is 6.92 Å². The van der Waals surface area contributed by atoms with Crippen molar-refractivity contribution in [2.45, 2.75) is 52.6 Å². The Hall–Kier alpha value is -1.62. The van der Waals surface area contributed by atoms with Crippen LogP contribution < -0.4 is 10.1 Å². The number of hydrogen-bond acceptors (Lipinski definition) is 4. The molecule has 1 N–H and O–H groups in total. The van der Waals surface area contributed by atoms with Crippen LogP contribution in [0.25, 0.3) is 0 Å². The molecule has 0 aliphatic carbocycles. The molecule has 0 radical (unpaired) electrons. The zero-order valence-electron chi connectivity index (χ0n) is 13.7. The molecule has 5 heteroatoms. The lowest BCUT2D eigenvalue weighted by Gasteiger charge is -2.26. The average Bonchev–Trinajstić information content (AvgIpc) is 2.47. The first-order chi connectivity index (χ1) is 9.96. The van der Waals surface area contributed by atoms with Gasteiger partial charge in [-0.1, -0.05) is 20.3 Å². The summed E-state index contributed by atoms with van der Waals surface area (Å²) in [6.45, 7) is 8.35. The van der Waals surface area contributed by atoms with Crippen molar-refractivity contribution in [3.8, 4) is 5.88 Å². The molecule has 0 aliphatic heterocycles. The number of pyridine rings is 1. The number of amides is 1. The number of anilines is 1. The van der Waals surface area contributed by atoms with Gasteiger partial charge in [-0.05, 0) is 32.8 Å². The summed E-state index contributed by atoms with van der Waals surface area (Å²) in [6.07, 6.45) is 2.47. The van der Waals surface area contributed by atoms with Crippen molar-refractivity contribution in [2.24, 2.45) is 0 Å². The number of aromatic nitrogens is 1. The minimum atomic E-state index is -0.821. The molecule has 0 spiro atoms. The highest BCUT2D eigenvalue weighted by Crippen LogP contribution is 2.22. The van der Waals surface area contributed by atoms with Gasteiger partial charge in [-0.15, -0.1) is 0 Å². The van der Waals surface area contributed by atoms with Gasteiger partial charge in [0.25, 0.3) is 5.91 Å². The van der Waals surface area contributed by atoms with E-state index < -0.39 is 5.60 Å². The summed E-state index contributed by atoms with van der Waals surface area (Å²) < 4.78 is 10.8. The summed E-state index contributed by atoms with van der Waals surface area (Å²) in [5.41, 5.74) is 0.591. The lowest BCUT2D eigenvalue weighted by Crippen LogP contribution is -2.42. The van der Waals surface area contributed by atoms with Crippen molar-refractivity contribution in [2.75, 3.05) is 19.0 Å². The van der Waals surface area contributed by atoms with E-state index in [1.54, 1.807) is 20.1 Å². The van der Waals surface area contributed by atoms with Gasteiger partial charge in [0, 0.05) is 13.2 Å². The van der Waals surface area contributed by atoms with Crippen LogP contribution in [-0.2, 0) is 9.53 Å². The summed E-state index contributed by atoms with van der Waals surface area (Å²) in [7, 11) is 1.56. The second-order valence-electron chi connectivity index (χ2n) is 5.27. The van der Waals surface area contributed by atoms with Crippen molar-refractivity contribution < 1.29 is 14.3 Å². The lowest BCUT2D eigenvalue weighted by molar-refractivity contribution is -0.136. The van der Waals surface area contributed by atoms with Crippen molar-refractivity contribution in [3.63, 3.8) is 0 Å². The van der Waals surface area contributed by atoms with E-state index in [0.29, 0.717) is 24.6 Å². The van der Waals surface area contributed by atoms with Crippen LogP contribution in [0.15, 0.2) is 12.1 Å². The topological polar surface area (TPSA) is 60.5 Å². The lowest BCUT2D eigenvalue weighted by atomic mass is 9.99. The van der Waals surface area contributed by atoms with Crippen molar-refractivity contribution in [1.29, 1.82) is 0 Å². The van der Waals surface area contributed by atoms with Gasteiger partial charge in [-0.2, -0.15) is 0 Å². The van der Waals surface area contributed by atoms with Crippen LogP contribution in [0.1, 0.15) is 45.7 Å². The molecular weight excluding hydrogens is 268 g/mol. The first-order valence-corrected chi connectivity index (χ1v) is 7.43. The molecule has 5 nitrogen and oxygen atoms in total. The van der Waals surface area contributed by atoms with E-state index in [9.17, 15) is 4.79 Å². The predicted octanol–water partition coefficient (Wildman–Crippen LogP) is 3.32. The minimum Gasteiger partial charge on any atom is -0.478 e. The fraction of sp³-hybridized carbons (Fsp3) is 0.625. The van der Waals surface area contributed by atoms with Gasteiger partial charge in [-0.3, -0.25) is 4.79 Å². The molecule has 1 rings (SSSR count). The molecule has 0 saturated carbocycles. The highest BCUT2D eigenvalue weighted by atomic mass is 16.5. The third-order valence-corrected chi connectivity index (χ3v) is 3.42. The third kappa shape index (κ3) is 4.70. The molecule has 0 unspecified atom stereocenters. The van der Waals surface area contributed by atoms with Crippen LogP contribution in [0.5, 0.6) is 5.88 Å². The number of methoxy groups -OCH3 is 1. The van der Waals surface area contributed by atoms with Crippen molar-refractivity contribution in [3.05, 3.63) is 17.8 Å². The smallest absolute Gasteiger partial charge is 0.256 e. The largest absolute Gasteiger partial charge is 0.478 e. The zero-order chi connectivity index (χ0) is 15.9. The van der Waals surface area contributed by atoms with Crippen LogP contribution in [0.4, 0.5) is 5.69 Å². The van der Waals surface area contributed by atoms with E-state index in [1.807, 2.05) is 26.8 Å². The summed E-state index contributed by atoms with van der Waals surface area (Å²) in [4.78, 5) is 16.7. The molecule has 1 atom stereocenters. The molecule has 1 heterocycles. The van der Waals surface area contributed by atoms with Crippen LogP contribution in [0.3, 0.4) is 0 Å². The quantitative estimate of drug-likeness (QED) is 0.799. The van der Waals surface area contributed by atoms with Gasteiger partial charge in [-0.25, -0.2) is 4.98 Å². The maximum Gasteiger partial charge on any atom is 0.256 e. The average molecular weight is 294 g/mol. The summed E-state index contributed by atoms with van der Waals surface area (Å²) >= 11 is 0. The Labute approximate surface area is 127 Å². The Kier molecular flexibility index (Phi) is 6.62. The Bertz CT molecular complexity index is 477. The SMILES string of the molecule is CCCOc1ccc(NC(=O)[C@](C)(CCC)OC)c(C)n1. The summed E-state index contributed by atoms with van der Waals surface area (Å²) in [5, 5.41) is 2.89. The first-order valence-electron chi connectivity index (χ1n) is 7.43. The van der Waals surface area contributed by atoms with E-state index >= 15 is 0 Å². The molecular formula is C16H26N2O3. The Morgan fingerprint density at radius 2 is 2.05 bits per heavy atom. The third-order valence-electron chi connectivity index (χ3n) is 3.42. The monoisotopic (exact) mass is 294 g/mol. The fourth-order valence-electron chi connectivity index (χ4n) is 2.00. The number of aryl methyl sites for hydroxylation is 1. The zero-order valence-corrected chi connectivity index (χ0v) is 13.7. The van der Waals surface area contributed by atoms with Crippen LogP contribution in [-0.4, -0.2) is 30.2 Å². The fourth-order valence-corrected chi connectivity index (χ4v) is 2.00. The predicted molar refractivity (Wildman–Crippen MR) is 83.7 cm³/mol. The Balaban J connectivity index is 2.80. The normalized spacial score (nSPS) is 13.6. The van der Waals surface area contributed by atoms with Gasteiger partial charge in [0.15, 0.2) is 0 Å². The van der Waals surface area contributed by atoms with E-state index in [4.69, 9.17) is 9.47 Å². The number of carbonyl (C=O) groups is 1. The van der Waals surface area contributed by atoms with Crippen molar-refractivity contribution in [1.82, 2.24) is 4.98 Å². The van der Waals surface area contributed by atoms with E-state index in [2.05, 4.69) is 10.3 Å². The molecule has 0 aliphatic rings. The number of ether oxygens (including phenoxy) is 2. The van der Waals surface area contributed by atoms with E-state index in [0.717, 1.165) is 18.5 Å². The molecule has 0 saturated heterocycles. The molecule has 0 aromatic carbocycles. The number of carbonyl (C=O) groups excluding carboxylic acids is 1. The first kappa shape index (κ1) is 17.4. The molecule has 1 aromatic rings. The Morgan fingerprint density at radius 3 is 2.57 bits per heavy atom.